The Morgan fingerprint density at radius 1 is 1.23 bits per heavy atom. The molecule has 1 saturated heterocycles. The van der Waals surface area contributed by atoms with Gasteiger partial charge in [0, 0.05) is 29.6 Å². The molecule has 0 spiro atoms. The maximum absolute atomic E-state index is 9.38. The first kappa shape index (κ1) is 19.8. The third kappa shape index (κ3) is 3.39. The van der Waals surface area contributed by atoms with E-state index in [0.717, 1.165) is 66.0 Å². The number of rotatable bonds is 4. The minimum atomic E-state index is 0.00101. The van der Waals surface area contributed by atoms with Crippen LogP contribution in [0.5, 0.6) is 0 Å². The molecular formula is C25H27N5O. The van der Waals surface area contributed by atoms with E-state index < -0.39 is 0 Å². The summed E-state index contributed by atoms with van der Waals surface area (Å²) in [6, 6.07) is 13.2. The van der Waals surface area contributed by atoms with E-state index in [9.17, 15) is 5.26 Å². The van der Waals surface area contributed by atoms with Crippen molar-refractivity contribution in [3.05, 3.63) is 58.3 Å². The van der Waals surface area contributed by atoms with Crippen LogP contribution in [0.3, 0.4) is 0 Å². The second kappa shape index (κ2) is 7.82. The molecule has 1 aromatic heterocycles. The van der Waals surface area contributed by atoms with Crippen LogP contribution in [0.25, 0.3) is 10.8 Å². The van der Waals surface area contributed by atoms with E-state index in [4.69, 9.17) is 4.74 Å². The number of nitrogens with zero attached hydrogens (tertiary/aromatic N) is 4. The fraction of sp³-hybridized carbons (Fsp3) is 0.400. The van der Waals surface area contributed by atoms with Crippen molar-refractivity contribution in [2.45, 2.75) is 45.7 Å². The highest BCUT2D eigenvalue weighted by atomic mass is 16.5. The summed E-state index contributed by atoms with van der Waals surface area (Å²) in [6.45, 7) is 8.82. The van der Waals surface area contributed by atoms with Gasteiger partial charge >= 0.3 is 0 Å². The second-order valence-corrected chi connectivity index (χ2v) is 8.62. The number of benzene rings is 2. The number of anilines is 2. The normalized spacial score (nSPS) is 18.8. The predicted octanol–water partition coefficient (Wildman–Crippen LogP) is 4.44. The van der Waals surface area contributed by atoms with E-state index in [-0.39, 0.29) is 6.04 Å². The van der Waals surface area contributed by atoms with Crippen molar-refractivity contribution in [2.75, 3.05) is 30.0 Å². The van der Waals surface area contributed by atoms with Crippen molar-refractivity contribution in [1.29, 1.82) is 5.26 Å². The molecule has 31 heavy (non-hydrogen) atoms. The van der Waals surface area contributed by atoms with Crippen LogP contribution in [0, 0.1) is 25.2 Å². The number of nitriles is 1. The van der Waals surface area contributed by atoms with Crippen molar-refractivity contribution in [1.82, 2.24) is 10.2 Å². The fourth-order valence-electron chi connectivity index (χ4n) is 4.97. The summed E-state index contributed by atoms with van der Waals surface area (Å²) < 4.78 is 5.65. The number of ether oxygens (including phenoxy) is 1. The van der Waals surface area contributed by atoms with Crippen LogP contribution in [0.1, 0.15) is 47.3 Å². The summed E-state index contributed by atoms with van der Waals surface area (Å²) in [5.74, 6) is 0.784. The van der Waals surface area contributed by atoms with Gasteiger partial charge in [-0.25, -0.2) is 0 Å². The van der Waals surface area contributed by atoms with Gasteiger partial charge in [0.05, 0.1) is 36.0 Å². The molecule has 0 radical (unpaired) electrons. The predicted molar refractivity (Wildman–Crippen MR) is 122 cm³/mol. The quantitative estimate of drug-likeness (QED) is 0.681. The van der Waals surface area contributed by atoms with E-state index in [1.54, 1.807) is 0 Å². The van der Waals surface area contributed by atoms with Crippen molar-refractivity contribution in [3.63, 3.8) is 0 Å². The zero-order chi connectivity index (χ0) is 21.5. The van der Waals surface area contributed by atoms with Gasteiger partial charge in [-0.3, -0.25) is 0 Å². The lowest BCUT2D eigenvalue weighted by Crippen LogP contribution is -2.34. The van der Waals surface area contributed by atoms with Gasteiger partial charge in [-0.15, -0.1) is 5.10 Å². The molecular weight excluding hydrogens is 386 g/mol. The third-order valence-corrected chi connectivity index (χ3v) is 6.76. The second-order valence-electron chi connectivity index (χ2n) is 8.62. The summed E-state index contributed by atoms with van der Waals surface area (Å²) >= 11 is 0. The van der Waals surface area contributed by atoms with Gasteiger partial charge in [-0.2, -0.15) is 10.4 Å². The van der Waals surface area contributed by atoms with Gasteiger partial charge < -0.3 is 15.0 Å². The number of aryl methyl sites for hydroxylation is 1. The minimum absolute atomic E-state index is 0.00101. The SMILES string of the molecule is Cc1c(C#N)cccc1[C@@H](C)Nc1nnc(C)c2cc3c(cc12)N(C1CCOC1)CC3. The first-order chi connectivity index (χ1) is 15.1. The zero-order valence-electron chi connectivity index (χ0n) is 18.3. The number of fused-ring (bicyclic) bond motifs is 2. The Kier molecular flexibility index (Phi) is 4.99. The van der Waals surface area contributed by atoms with Crippen LogP contribution >= 0.6 is 0 Å². The molecule has 0 bridgehead atoms. The lowest BCUT2D eigenvalue weighted by Gasteiger charge is -2.26. The third-order valence-electron chi connectivity index (χ3n) is 6.76. The summed E-state index contributed by atoms with van der Waals surface area (Å²) in [4.78, 5) is 2.51. The molecule has 5 rings (SSSR count). The molecule has 2 aliphatic rings. The van der Waals surface area contributed by atoms with Crippen LogP contribution in [0.4, 0.5) is 11.5 Å². The Balaban J connectivity index is 1.54. The van der Waals surface area contributed by atoms with Gasteiger partial charge in [-0.1, -0.05) is 12.1 Å². The molecule has 0 amide bonds. The molecule has 1 fully saturated rings. The Morgan fingerprint density at radius 3 is 2.87 bits per heavy atom. The van der Waals surface area contributed by atoms with Crippen molar-refractivity contribution in [2.24, 2.45) is 0 Å². The zero-order valence-corrected chi connectivity index (χ0v) is 18.3. The van der Waals surface area contributed by atoms with Crippen LogP contribution < -0.4 is 10.2 Å². The molecule has 6 nitrogen and oxygen atoms in total. The molecule has 2 aromatic carbocycles. The molecule has 1 N–H and O–H groups in total. The van der Waals surface area contributed by atoms with Gasteiger partial charge in [-0.05, 0) is 68.5 Å². The minimum Gasteiger partial charge on any atom is -0.379 e. The number of nitrogens with one attached hydrogen (secondary N) is 1. The standard InChI is InChI=1S/C25H27N5O/c1-15-19(13-26)5-4-6-21(15)16(2)27-25-23-12-24-18(11-22(23)17(3)28-29-25)7-9-30(24)20-8-10-31-14-20/h4-6,11-12,16,20H,7-10,14H2,1-3H3,(H,27,29)/t16-,20?/m1/s1. The molecule has 2 aliphatic heterocycles. The molecule has 3 heterocycles. The van der Waals surface area contributed by atoms with Gasteiger partial charge in [0.25, 0.3) is 0 Å². The Morgan fingerprint density at radius 2 is 2.10 bits per heavy atom. The topological polar surface area (TPSA) is 74.1 Å². The maximum Gasteiger partial charge on any atom is 0.157 e. The number of hydrogen-bond acceptors (Lipinski definition) is 6. The maximum atomic E-state index is 9.38. The average molecular weight is 414 g/mol. The van der Waals surface area contributed by atoms with Gasteiger partial charge in [0.1, 0.15) is 0 Å². The smallest absolute Gasteiger partial charge is 0.157 e. The Bertz CT molecular complexity index is 1190. The fourth-order valence-corrected chi connectivity index (χ4v) is 4.97. The highest BCUT2D eigenvalue weighted by Crippen LogP contribution is 2.38. The lowest BCUT2D eigenvalue weighted by atomic mass is 9.98. The largest absolute Gasteiger partial charge is 0.379 e. The molecule has 6 heteroatoms. The monoisotopic (exact) mass is 413 g/mol. The molecule has 2 atom stereocenters. The van der Waals surface area contributed by atoms with Crippen molar-refractivity contribution >= 4 is 22.3 Å². The highest BCUT2D eigenvalue weighted by molar-refractivity contribution is 5.97. The summed E-state index contributed by atoms with van der Waals surface area (Å²) in [5.41, 5.74) is 6.43. The van der Waals surface area contributed by atoms with E-state index in [1.165, 1.54) is 11.3 Å². The molecule has 1 unspecified atom stereocenters. The lowest BCUT2D eigenvalue weighted by molar-refractivity contribution is 0.193. The van der Waals surface area contributed by atoms with Crippen LogP contribution in [0.2, 0.25) is 0 Å². The summed E-state index contributed by atoms with van der Waals surface area (Å²) in [5, 5.41) is 24.2. The summed E-state index contributed by atoms with van der Waals surface area (Å²) in [7, 11) is 0. The van der Waals surface area contributed by atoms with E-state index in [0.29, 0.717) is 11.6 Å². The summed E-state index contributed by atoms with van der Waals surface area (Å²) in [6.07, 6.45) is 2.14. The number of hydrogen-bond donors (Lipinski definition) is 1. The first-order valence-corrected chi connectivity index (χ1v) is 11.0. The molecule has 158 valence electrons. The first-order valence-electron chi connectivity index (χ1n) is 11.0. The van der Waals surface area contributed by atoms with E-state index in [1.807, 2.05) is 26.0 Å². The van der Waals surface area contributed by atoms with Gasteiger partial charge in [0.15, 0.2) is 5.82 Å². The Labute approximate surface area is 182 Å². The van der Waals surface area contributed by atoms with Crippen LogP contribution in [-0.2, 0) is 11.2 Å². The van der Waals surface area contributed by atoms with E-state index in [2.05, 4.69) is 51.6 Å². The van der Waals surface area contributed by atoms with Gasteiger partial charge in [0.2, 0.25) is 0 Å². The molecule has 3 aromatic rings. The van der Waals surface area contributed by atoms with E-state index >= 15 is 0 Å². The average Bonchev–Trinajstić information content (AvgIpc) is 3.44. The highest BCUT2D eigenvalue weighted by Gasteiger charge is 2.30. The number of aromatic nitrogens is 2. The van der Waals surface area contributed by atoms with Crippen LogP contribution in [-0.4, -0.2) is 36.0 Å². The van der Waals surface area contributed by atoms with Crippen LogP contribution in [0.15, 0.2) is 30.3 Å². The molecule has 0 aliphatic carbocycles. The molecule has 0 saturated carbocycles. The van der Waals surface area contributed by atoms with Crippen molar-refractivity contribution < 1.29 is 4.74 Å². The van der Waals surface area contributed by atoms with Crippen molar-refractivity contribution in [3.8, 4) is 6.07 Å². The Hall–Kier alpha value is -3.17.